The maximum absolute atomic E-state index is 13.7. The summed E-state index contributed by atoms with van der Waals surface area (Å²) in [5, 5.41) is -0.380. The topological polar surface area (TPSA) is 92.5 Å². The minimum atomic E-state index is -4.12. The molecule has 0 atom stereocenters. The summed E-state index contributed by atoms with van der Waals surface area (Å²) in [6.45, 7) is -0.148. The number of nitrogen functional groups attached to an aromatic ring is 1. The number of carbonyl (C=O) groups is 1. The normalized spacial score (nSPS) is 11.4. The lowest BCUT2D eigenvalue weighted by molar-refractivity contribution is -0.128. The predicted molar refractivity (Wildman–Crippen MR) is 74.3 cm³/mol. The number of nitrogens with one attached hydrogen (secondary N) is 1. The number of hydrogen-bond donors (Lipinski definition) is 2. The SMILES string of the molecule is CN(C)C(=O)CCNS(=O)(=O)c1cc(N)cc(Cl)c1F. The van der Waals surface area contributed by atoms with E-state index in [0.717, 1.165) is 12.1 Å². The third-order valence-electron chi connectivity index (χ3n) is 2.44. The lowest BCUT2D eigenvalue weighted by Gasteiger charge is -2.12. The number of amides is 1. The monoisotopic (exact) mass is 323 g/mol. The highest BCUT2D eigenvalue weighted by atomic mass is 35.5. The molecule has 20 heavy (non-hydrogen) atoms. The highest BCUT2D eigenvalue weighted by Gasteiger charge is 2.22. The number of carbonyl (C=O) groups excluding carboxylic acids is 1. The summed E-state index contributed by atoms with van der Waals surface area (Å²) in [5.41, 5.74) is 5.47. The van der Waals surface area contributed by atoms with E-state index in [9.17, 15) is 17.6 Å². The van der Waals surface area contributed by atoms with Gasteiger partial charge in [-0.2, -0.15) is 0 Å². The number of hydrogen-bond acceptors (Lipinski definition) is 4. The van der Waals surface area contributed by atoms with Crippen LogP contribution < -0.4 is 10.5 Å². The summed E-state index contributed by atoms with van der Waals surface area (Å²) < 4.78 is 39.7. The summed E-state index contributed by atoms with van der Waals surface area (Å²) in [5.74, 6) is -1.33. The van der Waals surface area contributed by atoms with Crippen LogP contribution in [0.2, 0.25) is 5.02 Å². The van der Waals surface area contributed by atoms with E-state index in [1.807, 2.05) is 0 Å². The molecule has 1 amide bonds. The molecule has 0 aromatic heterocycles. The molecule has 112 valence electrons. The van der Waals surface area contributed by atoms with E-state index in [1.54, 1.807) is 14.1 Å². The van der Waals surface area contributed by atoms with Crippen molar-refractivity contribution < 1.29 is 17.6 Å². The fourth-order valence-electron chi connectivity index (χ4n) is 1.37. The third kappa shape index (κ3) is 4.06. The fourth-order valence-corrected chi connectivity index (χ4v) is 2.82. The van der Waals surface area contributed by atoms with Crippen LogP contribution in [0.5, 0.6) is 0 Å². The van der Waals surface area contributed by atoms with Crippen molar-refractivity contribution in [3.05, 3.63) is 23.0 Å². The molecular formula is C11H15ClFN3O3S. The van der Waals surface area contributed by atoms with Crippen molar-refractivity contribution in [1.82, 2.24) is 9.62 Å². The average Bonchev–Trinajstić information content (AvgIpc) is 2.33. The average molecular weight is 324 g/mol. The number of nitrogens with zero attached hydrogens (tertiary/aromatic N) is 1. The minimum absolute atomic E-state index is 0.0288. The summed E-state index contributed by atoms with van der Waals surface area (Å²) in [6, 6.07) is 2.09. The van der Waals surface area contributed by atoms with Gasteiger partial charge in [-0.1, -0.05) is 11.6 Å². The molecule has 1 aromatic rings. The maximum Gasteiger partial charge on any atom is 0.243 e. The Labute approximate surface area is 121 Å². The molecule has 1 aromatic carbocycles. The number of rotatable bonds is 5. The highest BCUT2D eigenvalue weighted by molar-refractivity contribution is 7.89. The number of nitrogens with two attached hydrogens (primary N) is 1. The Balaban J connectivity index is 2.88. The molecule has 0 spiro atoms. The standard InChI is InChI=1S/C11H15ClFN3O3S/c1-16(2)10(17)3-4-15-20(18,19)9-6-7(14)5-8(12)11(9)13/h5-6,15H,3-4,14H2,1-2H3. The molecule has 1 rings (SSSR count). The molecule has 0 saturated heterocycles. The van der Waals surface area contributed by atoms with Crippen LogP contribution in [0.15, 0.2) is 17.0 Å². The van der Waals surface area contributed by atoms with Crippen LogP contribution in [0.25, 0.3) is 0 Å². The fraction of sp³-hybridized carbons (Fsp3) is 0.364. The van der Waals surface area contributed by atoms with Gasteiger partial charge in [-0.3, -0.25) is 4.79 Å². The molecule has 0 saturated carbocycles. The van der Waals surface area contributed by atoms with Gasteiger partial charge in [-0.25, -0.2) is 17.5 Å². The van der Waals surface area contributed by atoms with E-state index in [4.69, 9.17) is 17.3 Å². The van der Waals surface area contributed by atoms with Gasteiger partial charge in [0.2, 0.25) is 15.9 Å². The van der Waals surface area contributed by atoms with Gasteiger partial charge >= 0.3 is 0 Å². The zero-order valence-corrected chi connectivity index (χ0v) is 12.6. The molecule has 0 aliphatic heterocycles. The zero-order chi connectivity index (χ0) is 15.5. The molecule has 0 fully saturated rings. The first-order chi connectivity index (χ1) is 9.15. The number of halogens is 2. The van der Waals surface area contributed by atoms with Crippen molar-refractivity contribution in [2.45, 2.75) is 11.3 Å². The van der Waals surface area contributed by atoms with Gasteiger partial charge in [0.25, 0.3) is 0 Å². The molecule has 0 bridgehead atoms. The molecule has 0 unspecified atom stereocenters. The van der Waals surface area contributed by atoms with Crippen LogP contribution in [-0.2, 0) is 14.8 Å². The van der Waals surface area contributed by atoms with Gasteiger partial charge < -0.3 is 10.6 Å². The van der Waals surface area contributed by atoms with Crippen molar-refractivity contribution in [3.63, 3.8) is 0 Å². The summed E-state index contributed by atoms with van der Waals surface area (Å²) in [7, 11) is -1.02. The van der Waals surface area contributed by atoms with Crippen LogP contribution in [0.4, 0.5) is 10.1 Å². The largest absolute Gasteiger partial charge is 0.399 e. The zero-order valence-electron chi connectivity index (χ0n) is 11.0. The van der Waals surface area contributed by atoms with Gasteiger partial charge in [0.05, 0.1) is 5.02 Å². The van der Waals surface area contributed by atoms with Crippen molar-refractivity contribution in [2.24, 2.45) is 0 Å². The van der Waals surface area contributed by atoms with E-state index in [0.29, 0.717) is 0 Å². The van der Waals surface area contributed by atoms with E-state index in [1.165, 1.54) is 4.90 Å². The first kappa shape index (κ1) is 16.7. The van der Waals surface area contributed by atoms with E-state index < -0.39 is 20.7 Å². The number of sulfonamides is 1. The molecule has 9 heteroatoms. The second kappa shape index (κ2) is 6.38. The quantitative estimate of drug-likeness (QED) is 0.785. The van der Waals surface area contributed by atoms with E-state index in [-0.39, 0.29) is 29.6 Å². The highest BCUT2D eigenvalue weighted by Crippen LogP contribution is 2.25. The summed E-state index contributed by atoms with van der Waals surface area (Å²) >= 11 is 5.54. The van der Waals surface area contributed by atoms with Gasteiger partial charge in [0.1, 0.15) is 4.90 Å². The van der Waals surface area contributed by atoms with Gasteiger partial charge in [0, 0.05) is 32.7 Å². The number of anilines is 1. The van der Waals surface area contributed by atoms with Crippen LogP contribution >= 0.6 is 11.6 Å². The molecule has 3 N–H and O–H groups in total. The van der Waals surface area contributed by atoms with Gasteiger partial charge in [-0.05, 0) is 12.1 Å². The minimum Gasteiger partial charge on any atom is -0.399 e. The van der Waals surface area contributed by atoms with Crippen LogP contribution in [0, 0.1) is 5.82 Å². The molecule has 0 radical (unpaired) electrons. The van der Waals surface area contributed by atoms with Crippen LogP contribution in [0.3, 0.4) is 0 Å². The summed E-state index contributed by atoms with van der Waals surface area (Å²) in [6.07, 6.45) is -0.0378. The van der Waals surface area contributed by atoms with Crippen molar-refractivity contribution in [3.8, 4) is 0 Å². The Morgan fingerprint density at radius 3 is 2.60 bits per heavy atom. The van der Waals surface area contributed by atoms with Gasteiger partial charge in [-0.15, -0.1) is 0 Å². The molecular weight excluding hydrogens is 309 g/mol. The smallest absolute Gasteiger partial charge is 0.243 e. The lowest BCUT2D eigenvalue weighted by atomic mass is 10.3. The second-order valence-corrected chi connectivity index (χ2v) is 6.39. The maximum atomic E-state index is 13.7. The molecule has 0 aliphatic carbocycles. The Bertz CT molecular complexity index is 620. The Hall–Kier alpha value is -1.38. The van der Waals surface area contributed by atoms with Crippen molar-refractivity contribution in [2.75, 3.05) is 26.4 Å². The second-order valence-electron chi connectivity index (χ2n) is 4.25. The lowest BCUT2D eigenvalue weighted by Crippen LogP contribution is -2.30. The molecule has 6 nitrogen and oxygen atoms in total. The predicted octanol–water partition coefficient (Wildman–Crippen LogP) is 0.818. The third-order valence-corrected chi connectivity index (χ3v) is 4.17. The Morgan fingerprint density at radius 2 is 2.05 bits per heavy atom. The van der Waals surface area contributed by atoms with E-state index >= 15 is 0 Å². The first-order valence-corrected chi connectivity index (χ1v) is 7.45. The first-order valence-electron chi connectivity index (χ1n) is 5.59. The number of benzene rings is 1. The molecule has 0 aliphatic rings. The van der Waals surface area contributed by atoms with E-state index in [2.05, 4.69) is 4.72 Å². The van der Waals surface area contributed by atoms with Crippen LogP contribution in [-0.4, -0.2) is 39.9 Å². The van der Waals surface area contributed by atoms with Crippen LogP contribution in [0.1, 0.15) is 6.42 Å². The van der Waals surface area contributed by atoms with Gasteiger partial charge in [0.15, 0.2) is 5.82 Å². The van der Waals surface area contributed by atoms with Crippen molar-refractivity contribution >= 4 is 33.2 Å². The van der Waals surface area contributed by atoms with Crippen molar-refractivity contribution in [1.29, 1.82) is 0 Å². The molecule has 0 heterocycles. The Kier molecular flexibility index (Phi) is 5.32. The Morgan fingerprint density at radius 1 is 1.45 bits per heavy atom. The summed E-state index contributed by atoms with van der Waals surface area (Å²) in [4.78, 5) is 12.0.